The molecule has 18 heavy (non-hydrogen) atoms. The largest absolute Gasteiger partial charge is 0.494 e. The van der Waals surface area contributed by atoms with E-state index in [-0.39, 0.29) is 0 Å². The molecule has 0 spiro atoms. The van der Waals surface area contributed by atoms with Crippen molar-refractivity contribution in [2.24, 2.45) is 0 Å². The Hall–Kier alpha value is -1.46. The van der Waals surface area contributed by atoms with Crippen molar-refractivity contribution in [2.45, 2.75) is 20.4 Å². The number of ether oxygens (including phenoxy) is 1. The maximum absolute atomic E-state index is 5.41. The van der Waals surface area contributed by atoms with Crippen LogP contribution in [0.5, 0.6) is 5.75 Å². The first-order valence-corrected chi connectivity index (χ1v) is 6.91. The molecular formula is C13H17N3OS. The summed E-state index contributed by atoms with van der Waals surface area (Å²) in [5.41, 5.74) is 1.08. The van der Waals surface area contributed by atoms with Gasteiger partial charge in [-0.25, -0.2) is 0 Å². The summed E-state index contributed by atoms with van der Waals surface area (Å²) in [5, 5.41) is 13.6. The SMILES string of the molecule is CCNCc1nnc(-c2ccc(OCC)cc2)s1. The minimum Gasteiger partial charge on any atom is -0.494 e. The molecule has 2 rings (SSSR count). The lowest BCUT2D eigenvalue weighted by Crippen LogP contribution is -2.11. The standard InChI is InChI=1S/C13H17N3OS/c1-3-14-9-12-15-16-13(18-12)10-5-7-11(8-6-10)17-4-2/h5-8,14H,3-4,9H2,1-2H3. The first-order valence-electron chi connectivity index (χ1n) is 6.09. The van der Waals surface area contributed by atoms with Gasteiger partial charge < -0.3 is 10.1 Å². The Balaban J connectivity index is 2.08. The molecule has 0 saturated carbocycles. The molecule has 0 aliphatic heterocycles. The highest BCUT2D eigenvalue weighted by Crippen LogP contribution is 2.25. The lowest BCUT2D eigenvalue weighted by molar-refractivity contribution is 0.340. The summed E-state index contributed by atoms with van der Waals surface area (Å²) >= 11 is 1.62. The van der Waals surface area contributed by atoms with Crippen molar-refractivity contribution in [3.63, 3.8) is 0 Å². The van der Waals surface area contributed by atoms with Crippen LogP contribution in [-0.4, -0.2) is 23.3 Å². The van der Waals surface area contributed by atoms with Gasteiger partial charge in [0, 0.05) is 12.1 Å². The van der Waals surface area contributed by atoms with E-state index < -0.39 is 0 Å². The van der Waals surface area contributed by atoms with E-state index in [1.807, 2.05) is 31.2 Å². The molecule has 0 unspecified atom stereocenters. The van der Waals surface area contributed by atoms with Gasteiger partial charge >= 0.3 is 0 Å². The number of aromatic nitrogens is 2. The molecule has 96 valence electrons. The quantitative estimate of drug-likeness (QED) is 0.870. The van der Waals surface area contributed by atoms with Crippen molar-refractivity contribution >= 4 is 11.3 Å². The van der Waals surface area contributed by atoms with Crippen molar-refractivity contribution in [1.29, 1.82) is 0 Å². The van der Waals surface area contributed by atoms with Gasteiger partial charge in [-0.2, -0.15) is 0 Å². The van der Waals surface area contributed by atoms with Crippen LogP contribution in [0.1, 0.15) is 18.9 Å². The highest BCUT2D eigenvalue weighted by molar-refractivity contribution is 7.14. The topological polar surface area (TPSA) is 47.0 Å². The summed E-state index contributed by atoms with van der Waals surface area (Å²) < 4.78 is 5.41. The molecule has 0 aliphatic carbocycles. The van der Waals surface area contributed by atoms with Crippen molar-refractivity contribution < 1.29 is 4.74 Å². The molecule has 1 aromatic carbocycles. The van der Waals surface area contributed by atoms with E-state index in [0.29, 0.717) is 6.61 Å². The van der Waals surface area contributed by atoms with Crippen LogP contribution in [0.4, 0.5) is 0 Å². The van der Waals surface area contributed by atoms with E-state index in [9.17, 15) is 0 Å². The molecule has 5 heteroatoms. The van der Waals surface area contributed by atoms with Crippen LogP contribution < -0.4 is 10.1 Å². The van der Waals surface area contributed by atoms with Gasteiger partial charge in [0.25, 0.3) is 0 Å². The van der Waals surface area contributed by atoms with Crippen molar-refractivity contribution in [3.8, 4) is 16.3 Å². The Morgan fingerprint density at radius 2 is 1.94 bits per heavy atom. The third kappa shape index (κ3) is 3.27. The predicted octanol–water partition coefficient (Wildman–Crippen LogP) is 2.71. The summed E-state index contributed by atoms with van der Waals surface area (Å²) in [6, 6.07) is 7.96. The molecule has 4 nitrogen and oxygen atoms in total. The molecule has 1 heterocycles. The van der Waals surface area contributed by atoms with Crippen LogP contribution in [0.15, 0.2) is 24.3 Å². The summed E-state index contributed by atoms with van der Waals surface area (Å²) in [6.45, 7) is 6.47. The molecule has 0 radical (unpaired) electrons. The summed E-state index contributed by atoms with van der Waals surface area (Å²) in [4.78, 5) is 0. The Morgan fingerprint density at radius 1 is 1.17 bits per heavy atom. The van der Waals surface area contributed by atoms with Crippen molar-refractivity contribution in [2.75, 3.05) is 13.2 Å². The molecule has 0 fully saturated rings. The second-order valence-electron chi connectivity index (χ2n) is 3.74. The zero-order valence-corrected chi connectivity index (χ0v) is 11.5. The van der Waals surface area contributed by atoms with Gasteiger partial charge in [0.15, 0.2) is 0 Å². The van der Waals surface area contributed by atoms with Crippen LogP contribution in [0.25, 0.3) is 10.6 Å². The molecule has 0 bridgehead atoms. The first-order chi connectivity index (χ1) is 8.83. The fourth-order valence-electron chi connectivity index (χ4n) is 1.53. The first kappa shape index (κ1) is 13.0. The summed E-state index contributed by atoms with van der Waals surface area (Å²) in [6.07, 6.45) is 0. The van der Waals surface area contributed by atoms with E-state index in [1.54, 1.807) is 11.3 Å². The summed E-state index contributed by atoms with van der Waals surface area (Å²) in [7, 11) is 0. The van der Waals surface area contributed by atoms with E-state index in [4.69, 9.17) is 4.74 Å². The van der Waals surface area contributed by atoms with Crippen LogP contribution in [0.2, 0.25) is 0 Å². The van der Waals surface area contributed by atoms with Crippen LogP contribution >= 0.6 is 11.3 Å². The third-order valence-electron chi connectivity index (χ3n) is 2.41. The maximum Gasteiger partial charge on any atom is 0.147 e. The van der Waals surface area contributed by atoms with E-state index in [0.717, 1.165) is 34.4 Å². The van der Waals surface area contributed by atoms with Crippen LogP contribution in [0, 0.1) is 0 Å². The molecular weight excluding hydrogens is 246 g/mol. The lowest BCUT2D eigenvalue weighted by atomic mass is 10.2. The Kier molecular flexibility index (Phi) is 4.66. The highest BCUT2D eigenvalue weighted by Gasteiger charge is 2.06. The Labute approximate surface area is 111 Å². The van der Waals surface area contributed by atoms with Gasteiger partial charge in [0.05, 0.1) is 6.61 Å². The second-order valence-corrected chi connectivity index (χ2v) is 4.80. The zero-order chi connectivity index (χ0) is 12.8. The fraction of sp³-hybridized carbons (Fsp3) is 0.385. The third-order valence-corrected chi connectivity index (χ3v) is 3.38. The highest BCUT2D eigenvalue weighted by atomic mass is 32.1. The predicted molar refractivity (Wildman–Crippen MR) is 73.9 cm³/mol. The average Bonchev–Trinajstić information content (AvgIpc) is 2.86. The van der Waals surface area contributed by atoms with Gasteiger partial charge in [-0.3, -0.25) is 0 Å². The fourth-order valence-corrected chi connectivity index (χ4v) is 2.35. The molecule has 1 N–H and O–H groups in total. The van der Waals surface area contributed by atoms with Crippen molar-refractivity contribution in [1.82, 2.24) is 15.5 Å². The number of hydrogen-bond donors (Lipinski definition) is 1. The molecule has 0 saturated heterocycles. The number of rotatable bonds is 6. The molecule has 0 aliphatic rings. The molecule has 1 aromatic heterocycles. The Morgan fingerprint density at radius 3 is 2.61 bits per heavy atom. The molecule has 0 atom stereocenters. The number of nitrogens with zero attached hydrogens (tertiary/aromatic N) is 2. The molecule has 0 amide bonds. The normalized spacial score (nSPS) is 10.6. The average molecular weight is 263 g/mol. The van der Waals surface area contributed by atoms with Gasteiger partial charge in [-0.1, -0.05) is 18.3 Å². The van der Waals surface area contributed by atoms with Crippen LogP contribution in [-0.2, 0) is 6.54 Å². The monoisotopic (exact) mass is 263 g/mol. The minimum atomic E-state index is 0.686. The number of hydrogen-bond acceptors (Lipinski definition) is 5. The Bertz CT molecular complexity index is 481. The second kappa shape index (κ2) is 6.47. The van der Waals surface area contributed by atoms with Gasteiger partial charge in [-0.15, -0.1) is 10.2 Å². The van der Waals surface area contributed by atoms with E-state index in [2.05, 4.69) is 22.4 Å². The van der Waals surface area contributed by atoms with E-state index >= 15 is 0 Å². The van der Waals surface area contributed by atoms with Gasteiger partial charge in [0.2, 0.25) is 0 Å². The van der Waals surface area contributed by atoms with Crippen LogP contribution in [0.3, 0.4) is 0 Å². The minimum absolute atomic E-state index is 0.686. The summed E-state index contributed by atoms with van der Waals surface area (Å²) in [5.74, 6) is 0.888. The smallest absolute Gasteiger partial charge is 0.147 e. The zero-order valence-electron chi connectivity index (χ0n) is 10.6. The van der Waals surface area contributed by atoms with Crippen molar-refractivity contribution in [3.05, 3.63) is 29.3 Å². The van der Waals surface area contributed by atoms with E-state index in [1.165, 1.54) is 0 Å². The number of nitrogens with one attached hydrogen (secondary N) is 1. The molecule has 2 aromatic rings. The van der Waals surface area contributed by atoms with Gasteiger partial charge in [0.1, 0.15) is 15.8 Å². The maximum atomic E-state index is 5.41. The number of benzene rings is 1. The lowest BCUT2D eigenvalue weighted by Gasteiger charge is -2.02. The van der Waals surface area contributed by atoms with Gasteiger partial charge in [-0.05, 0) is 37.7 Å².